The molecule has 4 rings (SSSR count). The van der Waals surface area contributed by atoms with Gasteiger partial charge in [0.2, 0.25) is 0 Å². The Hall–Kier alpha value is -3.46. The highest BCUT2D eigenvalue weighted by molar-refractivity contribution is 5.66. The minimum atomic E-state index is -4.44. The third kappa shape index (κ3) is 5.72. The number of hydrogen-bond donors (Lipinski definition) is 1. The zero-order valence-corrected chi connectivity index (χ0v) is 18.6. The number of aromatic nitrogens is 2. The van der Waals surface area contributed by atoms with E-state index in [0.717, 1.165) is 35.0 Å². The standard InChI is InChI=1S/C25H24F3N3O3/c1-16-2-7-21(25(26,27)28)18(12-16)15-34-20-5-3-17(4-6-20)24-29-13-19-14-31(11-9-23(32)33)10-8-22(19)30-24/h2-7,12-13H,8-11,14-15H2,1H3,(H,32,33). The van der Waals surface area contributed by atoms with Gasteiger partial charge in [-0.2, -0.15) is 13.2 Å². The number of benzene rings is 2. The van der Waals surface area contributed by atoms with Gasteiger partial charge in [0.15, 0.2) is 5.82 Å². The lowest BCUT2D eigenvalue weighted by Gasteiger charge is -2.27. The molecule has 0 saturated carbocycles. The summed E-state index contributed by atoms with van der Waals surface area (Å²) in [6.07, 6.45) is -1.85. The Balaban J connectivity index is 1.42. The third-order valence-electron chi connectivity index (χ3n) is 5.73. The summed E-state index contributed by atoms with van der Waals surface area (Å²) in [6, 6.07) is 10.9. The SMILES string of the molecule is Cc1ccc(C(F)(F)F)c(COc2ccc(-c3ncc4c(n3)CCN(CCC(=O)O)C4)cc2)c1. The molecular formula is C25H24F3N3O3. The monoisotopic (exact) mass is 471 g/mol. The van der Waals surface area contributed by atoms with Crippen molar-refractivity contribution in [3.8, 4) is 17.1 Å². The Morgan fingerprint density at radius 1 is 1.18 bits per heavy atom. The second-order valence-electron chi connectivity index (χ2n) is 8.31. The Morgan fingerprint density at radius 3 is 2.65 bits per heavy atom. The fourth-order valence-electron chi connectivity index (χ4n) is 3.94. The van der Waals surface area contributed by atoms with Crippen molar-refractivity contribution < 1.29 is 27.8 Å². The molecule has 0 radical (unpaired) electrons. The van der Waals surface area contributed by atoms with Gasteiger partial charge in [-0.25, -0.2) is 9.97 Å². The quantitative estimate of drug-likeness (QED) is 0.529. The van der Waals surface area contributed by atoms with E-state index in [9.17, 15) is 18.0 Å². The van der Waals surface area contributed by atoms with E-state index in [4.69, 9.17) is 9.84 Å². The molecule has 1 aliphatic heterocycles. The van der Waals surface area contributed by atoms with Crippen molar-refractivity contribution >= 4 is 5.97 Å². The van der Waals surface area contributed by atoms with Crippen LogP contribution in [-0.2, 0) is 30.5 Å². The summed E-state index contributed by atoms with van der Waals surface area (Å²) in [5.41, 5.74) is 2.83. The number of aliphatic carboxylic acids is 1. The van der Waals surface area contributed by atoms with E-state index in [1.54, 1.807) is 37.4 Å². The van der Waals surface area contributed by atoms with Gasteiger partial charge in [-0.1, -0.05) is 17.7 Å². The molecule has 0 amide bonds. The van der Waals surface area contributed by atoms with Crippen LogP contribution in [0.2, 0.25) is 0 Å². The van der Waals surface area contributed by atoms with Crippen LogP contribution in [0.4, 0.5) is 13.2 Å². The van der Waals surface area contributed by atoms with E-state index in [0.29, 0.717) is 31.1 Å². The summed E-state index contributed by atoms with van der Waals surface area (Å²) >= 11 is 0. The van der Waals surface area contributed by atoms with Crippen molar-refractivity contribution in [2.75, 3.05) is 13.1 Å². The number of alkyl halides is 3. The average molecular weight is 471 g/mol. The molecular weight excluding hydrogens is 447 g/mol. The molecule has 1 N–H and O–H groups in total. The number of carboxylic acids is 1. The first kappa shape index (κ1) is 23.7. The van der Waals surface area contributed by atoms with Crippen molar-refractivity contribution in [1.82, 2.24) is 14.9 Å². The number of nitrogens with zero attached hydrogens (tertiary/aromatic N) is 3. The van der Waals surface area contributed by atoms with Crippen molar-refractivity contribution in [1.29, 1.82) is 0 Å². The van der Waals surface area contributed by atoms with E-state index in [2.05, 4.69) is 14.9 Å². The number of aryl methyl sites for hydroxylation is 1. The van der Waals surface area contributed by atoms with Gasteiger partial charge in [-0.05, 0) is 37.3 Å². The zero-order valence-electron chi connectivity index (χ0n) is 18.6. The van der Waals surface area contributed by atoms with Crippen LogP contribution in [0, 0.1) is 6.92 Å². The molecule has 0 fully saturated rings. The van der Waals surface area contributed by atoms with Crippen LogP contribution in [0.3, 0.4) is 0 Å². The first-order valence-electron chi connectivity index (χ1n) is 10.9. The first-order valence-corrected chi connectivity index (χ1v) is 10.9. The molecule has 0 saturated heterocycles. The lowest BCUT2D eigenvalue weighted by molar-refractivity contribution is -0.139. The summed E-state index contributed by atoms with van der Waals surface area (Å²) in [6.45, 7) is 3.40. The van der Waals surface area contributed by atoms with E-state index in [1.165, 1.54) is 12.1 Å². The number of fused-ring (bicyclic) bond motifs is 1. The highest BCUT2D eigenvalue weighted by atomic mass is 19.4. The first-order chi connectivity index (χ1) is 16.2. The summed E-state index contributed by atoms with van der Waals surface area (Å²) in [5.74, 6) is 0.192. The number of carboxylic acid groups (broad SMARTS) is 1. The maximum Gasteiger partial charge on any atom is 0.416 e. The predicted molar refractivity (Wildman–Crippen MR) is 119 cm³/mol. The Kier molecular flexibility index (Phi) is 6.83. The predicted octanol–water partition coefficient (Wildman–Crippen LogP) is 4.88. The van der Waals surface area contributed by atoms with Gasteiger partial charge in [-0.15, -0.1) is 0 Å². The number of halogens is 3. The second-order valence-corrected chi connectivity index (χ2v) is 8.31. The maximum absolute atomic E-state index is 13.3. The zero-order chi connectivity index (χ0) is 24.3. The number of rotatable bonds is 7. The third-order valence-corrected chi connectivity index (χ3v) is 5.73. The van der Waals surface area contributed by atoms with E-state index < -0.39 is 17.7 Å². The van der Waals surface area contributed by atoms with Crippen LogP contribution in [0.1, 0.15) is 34.4 Å². The molecule has 6 nitrogen and oxygen atoms in total. The molecule has 1 aliphatic rings. The Labute approximate surface area is 195 Å². The van der Waals surface area contributed by atoms with Crippen LogP contribution in [0.25, 0.3) is 11.4 Å². The van der Waals surface area contributed by atoms with Crippen LogP contribution in [-0.4, -0.2) is 39.0 Å². The Morgan fingerprint density at radius 2 is 1.94 bits per heavy atom. The minimum absolute atomic E-state index is 0.0898. The van der Waals surface area contributed by atoms with Crippen molar-refractivity contribution in [2.45, 2.75) is 39.1 Å². The molecule has 2 aromatic carbocycles. The van der Waals surface area contributed by atoms with Crippen LogP contribution in [0.5, 0.6) is 5.75 Å². The molecule has 0 bridgehead atoms. The number of ether oxygens (including phenoxy) is 1. The van der Waals surface area contributed by atoms with Gasteiger partial charge in [0.05, 0.1) is 17.7 Å². The van der Waals surface area contributed by atoms with Crippen molar-refractivity contribution in [3.63, 3.8) is 0 Å². The normalized spacial score (nSPS) is 14.0. The molecule has 2 heterocycles. The molecule has 9 heteroatoms. The van der Waals surface area contributed by atoms with E-state index in [1.807, 2.05) is 0 Å². The van der Waals surface area contributed by atoms with Gasteiger partial charge < -0.3 is 9.84 Å². The van der Waals surface area contributed by atoms with Gasteiger partial charge in [0.25, 0.3) is 0 Å². The van der Waals surface area contributed by atoms with Gasteiger partial charge in [0.1, 0.15) is 12.4 Å². The molecule has 1 aromatic heterocycles. The van der Waals surface area contributed by atoms with Crippen molar-refractivity contribution in [2.24, 2.45) is 0 Å². The van der Waals surface area contributed by atoms with Crippen molar-refractivity contribution in [3.05, 3.63) is 76.6 Å². The molecule has 0 atom stereocenters. The second kappa shape index (κ2) is 9.80. The summed E-state index contributed by atoms with van der Waals surface area (Å²) in [4.78, 5) is 22.0. The fourth-order valence-corrected chi connectivity index (χ4v) is 3.94. The number of hydrogen-bond acceptors (Lipinski definition) is 5. The summed E-state index contributed by atoms with van der Waals surface area (Å²) in [5, 5.41) is 8.86. The lowest BCUT2D eigenvalue weighted by Crippen LogP contribution is -2.33. The maximum atomic E-state index is 13.3. The van der Waals surface area contributed by atoms with E-state index in [-0.39, 0.29) is 18.6 Å². The molecule has 178 valence electrons. The lowest BCUT2D eigenvalue weighted by atomic mass is 10.0. The number of carbonyl (C=O) groups is 1. The molecule has 0 unspecified atom stereocenters. The van der Waals surface area contributed by atoms with Crippen LogP contribution in [0.15, 0.2) is 48.7 Å². The molecule has 0 spiro atoms. The van der Waals surface area contributed by atoms with Crippen LogP contribution < -0.4 is 4.74 Å². The summed E-state index contributed by atoms with van der Waals surface area (Å²) in [7, 11) is 0. The fraction of sp³-hybridized carbons (Fsp3) is 0.320. The smallest absolute Gasteiger partial charge is 0.416 e. The molecule has 0 aliphatic carbocycles. The summed E-state index contributed by atoms with van der Waals surface area (Å²) < 4.78 is 45.4. The minimum Gasteiger partial charge on any atom is -0.489 e. The average Bonchev–Trinajstić information content (AvgIpc) is 2.80. The topological polar surface area (TPSA) is 75.6 Å². The highest BCUT2D eigenvalue weighted by Gasteiger charge is 2.33. The van der Waals surface area contributed by atoms with E-state index >= 15 is 0 Å². The molecule has 34 heavy (non-hydrogen) atoms. The molecule has 3 aromatic rings. The Bertz CT molecular complexity index is 1180. The van der Waals surface area contributed by atoms with Crippen LogP contribution >= 0.6 is 0 Å². The van der Waals surface area contributed by atoms with Gasteiger partial charge >= 0.3 is 12.1 Å². The van der Waals surface area contributed by atoms with Gasteiger partial charge in [0, 0.05) is 48.9 Å². The van der Waals surface area contributed by atoms with Gasteiger partial charge in [-0.3, -0.25) is 9.69 Å². The largest absolute Gasteiger partial charge is 0.489 e. The highest BCUT2D eigenvalue weighted by Crippen LogP contribution is 2.33.